The van der Waals surface area contributed by atoms with Gasteiger partial charge in [-0.1, -0.05) is 0 Å². The molecule has 0 spiro atoms. The summed E-state index contributed by atoms with van der Waals surface area (Å²) in [4.78, 5) is 85.5. The molecule has 4 atom stereocenters. The van der Waals surface area contributed by atoms with Gasteiger partial charge < -0.3 is 24.2 Å². The number of esters is 2. The van der Waals surface area contributed by atoms with Crippen molar-refractivity contribution in [3.05, 3.63) is 0 Å². The normalized spacial score (nSPS) is 24.2. The summed E-state index contributed by atoms with van der Waals surface area (Å²) in [6.07, 6.45) is 2.34. The molecule has 4 aliphatic heterocycles. The molecule has 4 saturated heterocycles. The number of hydrogen-bond acceptors (Lipinski definition) is 11. The average molecular weight is 643 g/mol. The van der Waals surface area contributed by atoms with E-state index in [2.05, 4.69) is 11.0 Å². The standard InChI is InChI=1S/C15H25N3O5.C13H21N3O6/c1-5-17-10-6-7-11(18(8-10)14(17)21)13(20)16-22-9-12(19)23-15(2,3)4;1-13(2,3)22-10(17)7-21-14-11(18)9-5-4-8-6-15(9)12(19)16(8)20/h10-11H,5-9H2,1-4H3,(H,16,20);8-9,20H,4-7H2,1-3H3,(H,14,18)/t10-,11+;8-,9+/m11/s1. The molecule has 17 nitrogen and oxygen atoms in total. The Morgan fingerprint density at radius 1 is 0.733 bits per heavy atom. The summed E-state index contributed by atoms with van der Waals surface area (Å²) >= 11 is 0. The molecule has 0 saturated carbocycles. The topological polar surface area (TPSA) is 197 Å². The molecule has 45 heavy (non-hydrogen) atoms. The van der Waals surface area contributed by atoms with Gasteiger partial charge in [-0.25, -0.2) is 35.2 Å². The fraction of sp³-hybridized carbons (Fsp3) is 0.786. The molecule has 4 heterocycles. The van der Waals surface area contributed by atoms with Gasteiger partial charge in [0.1, 0.15) is 23.3 Å². The molecule has 0 aliphatic carbocycles. The van der Waals surface area contributed by atoms with Crippen LogP contribution in [0.4, 0.5) is 9.59 Å². The second-order valence-corrected chi connectivity index (χ2v) is 13.2. The van der Waals surface area contributed by atoms with Gasteiger partial charge in [-0.05, 0) is 74.1 Å². The number of rotatable bonds is 9. The summed E-state index contributed by atoms with van der Waals surface area (Å²) in [5, 5.41) is 10.2. The number of ether oxygens (including phenoxy) is 2. The number of fused-ring (bicyclic) bond motifs is 4. The Labute approximate surface area is 262 Å². The average Bonchev–Trinajstić information content (AvgIpc) is 3.30. The predicted molar refractivity (Wildman–Crippen MR) is 154 cm³/mol. The molecule has 0 aromatic carbocycles. The Bertz CT molecular complexity index is 1140. The molecule has 254 valence electrons. The van der Waals surface area contributed by atoms with Gasteiger partial charge in [-0.15, -0.1) is 0 Å². The monoisotopic (exact) mass is 642 g/mol. The minimum Gasteiger partial charge on any atom is -0.458 e. The van der Waals surface area contributed by atoms with Crippen LogP contribution in [0.5, 0.6) is 0 Å². The molecule has 4 rings (SSSR count). The molecule has 0 aromatic rings. The van der Waals surface area contributed by atoms with Crippen LogP contribution in [-0.4, -0.2) is 129 Å². The maximum Gasteiger partial charge on any atom is 0.344 e. The largest absolute Gasteiger partial charge is 0.458 e. The lowest BCUT2D eigenvalue weighted by Crippen LogP contribution is -2.50. The number of nitrogens with zero attached hydrogens (tertiary/aromatic N) is 4. The van der Waals surface area contributed by atoms with E-state index in [0.29, 0.717) is 44.0 Å². The van der Waals surface area contributed by atoms with Crippen molar-refractivity contribution >= 4 is 35.8 Å². The van der Waals surface area contributed by atoms with Crippen molar-refractivity contribution in [3.63, 3.8) is 0 Å². The van der Waals surface area contributed by atoms with Crippen molar-refractivity contribution in [1.82, 2.24) is 30.7 Å². The van der Waals surface area contributed by atoms with Crippen LogP contribution in [0.1, 0.15) is 74.1 Å². The molecule has 0 aromatic heterocycles. The molecule has 4 bridgehead atoms. The van der Waals surface area contributed by atoms with Crippen LogP contribution in [0.15, 0.2) is 0 Å². The van der Waals surface area contributed by atoms with Crippen molar-refractivity contribution in [2.24, 2.45) is 0 Å². The van der Waals surface area contributed by atoms with Gasteiger partial charge in [-0.3, -0.25) is 24.5 Å². The third-order valence-corrected chi connectivity index (χ3v) is 7.35. The highest BCUT2D eigenvalue weighted by Crippen LogP contribution is 2.30. The maximum atomic E-state index is 12.2. The zero-order valence-electron chi connectivity index (χ0n) is 27.0. The number of nitrogens with one attached hydrogen (secondary N) is 2. The van der Waals surface area contributed by atoms with Crippen LogP contribution in [-0.2, 0) is 38.3 Å². The highest BCUT2D eigenvalue weighted by molar-refractivity contribution is 5.89. The van der Waals surface area contributed by atoms with Crippen LogP contribution in [0, 0.1) is 0 Å². The van der Waals surface area contributed by atoms with Crippen LogP contribution in [0.3, 0.4) is 0 Å². The smallest absolute Gasteiger partial charge is 0.344 e. The number of hydroxylamine groups is 4. The van der Waals surface area contributed by atoms with E-state index in [1.807, 2.05) is 6.92 Å². The van der Waals surface area contributed by atoms with Crippen molar-refractivity contribution < 1.29 is 53.1 Å². The quantitative estimate of drug-likeness (QED) is 0.182. The lowest BCUT2D eigenvalue weighted by atomic mass is 10.0. The van der Waals surface area contributed by atoms with Crippen molar-refractivity contribution in [2.45, 2.75) is 110 Å². The summed E-state index contributed by atoms with van der Waals surface area (Å²) < 4.78 is 10.1. The molecular formula is C28H46N6O11. The third kappa shape index (κ3) is 9.64. The first-order valence-electron chi connectivity index (χ1n) is 15.0. The maximum absolute atomic E-state index is 12.2. The number of urea groups is 2. The molecule has 6 amide bonds. The predicted octanol–water partition coefficient (Wildman–Crippen LogP) is 0.698. The van der Waals surface area contributed by atoms with Gasteiger partial charge in [0, 0.05) is 19.6 Å². The second kappa shape index (κ2) is 14.6. The Morgan fingerprint density at radius 2 is 1.16 bits per heavy atom. The molecule has 0 radical (unpaired) electrons. The minimum atomic E-state index is -0.709. The van der Waals surface area contributed by atoms with Gasteiger partial charge in [0.2, 0.25) is 0 Å². The van der Waals surface area contributed by atoms with Gasteiger partial charge in [0.05, 0.1) is 12.1 Å². The van der Waals surface area contributed by atoms with E-state index in [9.17, 15) is 34.0 Å². The zero-order valence-corrected chi connectivity index (χ0v) is 27.0. The fourth-order valence-corrected chi connectivity index (χ4v) is 5.54. The second-order valence-electron chi connectivity index (χ2n) is 13.2. The summed E-state index contributed by atoms with van der Waals surface area (Å²) in [5.74, 6) is -2.09. The highest BCUT2D eigenvalue weighted by atomic mass is 16.7. The zero-order chi connectivity index (χ0) is 33.7. The molecule has 0 unspecified atom stereocenters. The van der Waals surface area contributed by atoms with E-state index in [1.54, 1.807) is 51.3 Å². The Hall–Kier alpha value is -3.70. The third-order valence-electron chi connectivity index (χ3n) is 7.35. The summed E-state index contributed by atoms with van der Waals surface area (Å²) in [5.41, 5.74) is 3.17. The van der Waals surface area contributed by atoms with Crippen LogP contribution >= 0.6 is 0 Å². The van der Waals surface area contributed by atoms with Crippen molar-refractivity contribution in [3.8, 4) is 0 Å². The van der Waals surface area contributed by atoms with Crippen LogP contribution < -0.4 is 11.0 Å². The minimum absolute atomic E-state index is 0.109. The molecule has 4 aliphatic rings. The van der Waals surface area contributed by atoms with Gasteiger partial charge in [0.25, 0.3) is 11.8 Å². The highest BCUT2D eigenvalue weighted by Gasteiger charge is 2.47. The first-order valence-corrected chi connectivity index (χ1v) is 15.0. The van der Waals surface area contributed by atoms with Crippen LogP contribution in [0.25, 0.3) is 0 Å². The van der Waals surface area contributed by atoms with E-state index in [4.69, 9.17) is 19.1 Å². The van der Waals surface area contributed by atoms with Gasteiger partial charge in [0.15, 0.2) is 13.2 Å². The Balaban J connectivity index is 0.000000246. The van der Waals surface area contributed by atoms with Gasteiger partial charge >= 0.3 is 24.0 Å². The van der Waals surface area contributed by atoms with E-state index in [-0.39, 0.29) is 24.7 Å². The first kappa shape index (κ1) is 35.8. The number of carbonyl (C=O) groups excluding carboxylic acids is 6. The number of likely N-dealkylation sites (N-methyl/N-ethyl adjacent to an activating group) is 1. The van der Waals surface area contributed by atoms with E-state index < -0.39 is 59.7 Å². The van der Waals surface area contributed by atoms with Crippen molar-refractivity contribution in [2.75, 3.05) is 32.8 Å². The van der Waals surface area contributed by atoms with E-state index in [0.717, 1.165) is 6.42 Å². The summed E-state index contributed by atoms with van der Waals surface area (Å²) in [6, 6.07) is -2.02. The number of carbonyl (C=O) groups is 6. The summed E-state index contributed by atoms with van der Waals surface area (Å²) in [7, 11) is 0. The van der Waals surface area contributed by atoms with E-state index in [1.165, 1.54) is 4.90 Å². The van der Waals surface area contributed by atoms with Crippen molar-refractivity contribution in [1.29, 1.82) is 0 Å². The Kier molecular flexibility index (Phi) is 11.6. The summed E-state index contributed by atoms with van der Waals surface area (Å²) in [6.45, 7) is 13.1. The first-order chi connectivity index (χ1) is 20.9. The van der Waals surface area contributed by atoms with Crippen LogP contribution in [0.2, 0.25) is 0 Å². The molecular weight excluding hydrogens is 596 g/mol. The molecule has 17 heteroatoms. The lowest BCUT2D eigenvalue weighted by Gasteiger charge is -2.29. The van der Waals surface area contributed by atoms with E-state index >= 15 is 0 Å². The Morgan fingerprint density at radius 3 is 1.60 bits per heavy atom. The number of hydrogen-bond donors (Lipinski definition) is 3. The molecule has 4 fully saturated rings. The SMILES string of the molecule is CC(C)(C)OC(=O)CONC(=O)[C@@H]1CC[C@@H]2CN1C(=O)N2O.CCN1C(=O)N2C[C@H]1CC[C@H]2C(=O)NOCC(=O)OC(C)(C)C. The van der Waals surface area contributed by atoms with Gasteiger partial charge in [-0.2, -0.15) is 0 Å². The fourth-order valence-electron chi connectivity index (χ4n) is 5.54. The number of piperidine rings is 2. The lowest BCUT2D eigenvalue weighted by molar-refractivity contribution is -0.166. The number of amides is 6. The molecule has 3 N–H and O–H groups in total.